The third-order valence-electron chi connectivity index (χ3n) is 2.85. The Kier molecular flexibility index (Phi) is 5.50. The first-order valence-electron chi connectivity index (χ1n) is 5.66. The molecule has 19 heavy (non-hydrogen) atoms. The van der Waals surface area contributed by atoms with Crippen molar-refractivity contribution in [3.05, 3.63) is 29.8 Å². The minimum absolute atomic E-state index is 0. The molecule has 0 aliphatic carbocycles. The van der Waals surface area contributed by atoms with Crippen LogP contribution in [0.4, 0.5) is 8.78 Å². The van der Waals surface area contributed by atoms with E-state index in [1.165, 1.54) is 12.1 Å². The highest BCUT2D eigenvalue weighted by atomic mass is 35.5. The number of ether oxygens (including phenoxy) is 1. The van der Waals surface area contributed by atoms with Crippen molar-refractivity contribution in [2.24, 2.45) is 5.73 Å². The van der Waals surface area contributed by atoms with E-state index in [9.17, 15) is 13.6 Å². The van der Waals surface area contributed by atoms with Crippen LogP contribution in [-0.4, -0.2) is 36.5 Å². The summed E-state index contributed by atoms with van der Waals surface area (Å²) in [6, 6.07) is 5.95. The number of carbonyl (C=O) groups excluding carboxylic acids is 1. The fourth-order valence-corrected chi connectivity index (χ4v) is 1.98. The van der Waals surface area contributed by atoms with Crippen molar-refractivity contribution < 1.29 is 18.3 Å². The second-order valence-electron chi connectivity index (χ2n) is 4.17. The molecule has 0 radical (unpaired) electrons. The van der Waals surface area contributed by atoms with Crippen molar-refractivity contribution >= 4 is 18.3 Å². The highest BCUT2D eigenvalue weighted by Crippen LogP contribution is 2.23. The largest absolute Gasteiger partial charge is 0.434 e. The van der Waals surface area contributed by atoms with E-state index < -0.39 is 6.61 Å². The number of nitrogens with two attached hydrogens (primary N) is 1. The van der Waals surface area contributed by atoms with Crippen LogP contribution >= 0.6 is 12.4 Å². The van der Waals surface area contributed by atoms with Crippen molar-refractivity contribution in [2.75, 3.05) is 13.1 Å². The van der Waals surface area contributed by atoms with Gasteiger partial charge in [0.1, 0.15) is 5.75 Å². The molecule has 1 aliphatic rings. The topological polar surface area (TPSA) is 55.6 Å². The van der Waals surface area contributed by atoms with Gasteiger partial charge in [-0.15, -0.1) is 12.4 Å². The molecule has 1 saturated heterocycles. The molecule has 1 aromatic carbocycles. The zero-order valence-electron chi connectivity index (χ0n) is 10.1. The van der Waals surface area contributed by atoms with Crippen molar-refractivity contribution in [1.29, 1.82) is 0 Å². The average Bonchev–Trinajstić information content (AvgIpc) is 2.75. The highest BCUT2D eigenvalue weighted by molar-refractivity contribution is 5.97. The van der Waals surface area contributed by atoms with Gasteiger partial charge < -0.3 is 15.4 Å². The van der Waals surface area contributed by atoms with Crippen molar-refractivity contribution in [3.63, 3.8) is 0 Å². The molecule has 0 bridgehead atoms. The Morgan fingerprint density at radius 1 is 1.42 bits per heavy atom. The summed E-state index contributed by atoms with van der Waals surface area (Å²) in [6.07, 6.45) is 0.726. The second kappa shape index (κ2) is 6.68. The van der Waals surface area contributed by atoms with Crippen LogP contribution in [0.25, 0.3) is 0 Å². The molecule has 4 nitrogen and oxygen atoms in total. The first kappa shape index (κ1) is 15.7. The van der Waals surface area contributed by atoms with Gasteiger partial charge in [-0.25, -0.2) is 0 Å². The first-order chi connectivity index (χ1) is 8.58. The smallest absolute Gasteiger partial charge is 0.387 e. The number of alkyl halides is 2. The Morgan fingerprint density at radius 3 is 2.68 bits per heavy atom. The van der Waals surface area contributed by atoms with Gasteiger partial charge in [0.15, 0.2) is 0 Å². The first-order valence-corrected chi connectivity index (χ1v) is 5.66. The zero-order chi connectivity index (χ0) is 13.1. The number of benzene rings is 1. The summed E-state index contributed by atoms with van der Waals surface area (Å²) < 4.78 is 28.8. The van der Waals surface area contributed by atoms with E-state index in [1.807, 2.05) is 0 Å². The van der Waals surface area contributed by atoms with Crippen LogP contribution in [-0.2, 0) is 0 Å². The third kappa shape index (κ3) is 3.78. The zero-order valence-corrected chi connectivity index (χ0v) is 10.9. The number of nitrogens with zero attached hydrogens (tertiary/aromatic N) is 1. The second-order valence-corrected chi connectivity index (χ2v) is 4.17. The van der Waals surface area contributed by atoms with Gasteiger partial charge in [-0.3, -0.25) is 4.79 Å². The summed E-state index contributed by atoms with van der Waals surface area (Å²) in [6.45, 7) is -1.95. The SMILES string of the molecule is Cl.N[C@H]1CCN(C(=O)c2ccccc2OC(F)F)C1. The molecule has 2 rings (SSSR count). The lowest BCUT2D eigenvalue weighted by Crippen LogP contribution is -2.32. The summed E-state index contributed by atoms with van der Waals surface area (Å²) in [7, 11) is 0. The lowest BCUT2D eigenvalue weighted by molar-refractivity contribution is -0.0502. The molecule has 1 fully saturated rings. The van der Waals surface area contributed by atoms with Gasteiger partial charge in [0, 0.05) is 19.1 Å². The van der Waals surface area contributed by atoms with Gasteiger partial charge in [-0.05, 0) is 18.6 Å². The van der Waals surface area contributed by atoms with Crippen molar-refractivity contribution in [1.82, 2.24) is 4.90 Å². The van der Waals surface area contributed by atoms with Gasteiger partial charge in [0.05, 0.1) is 5.56 Å². The number of halogens is 3. The Labute approximate surface area is 115 Å². The molecule has 0 saturated carbocycles. The van der Waals surface area contributed by atoms with Gasteiger partial charge in [0.2, 0.25) is 0 Å². The Balaban J connectivity index is 0.00000180. The van der Waals surface area contributed by atoms with Crippen LogP contribution in [0.5, 0.6) is 5.75 Å². The highest BCUT2D eigenvalue weighted by Gasteiger charge is 2.26. The molecular formula is C12H15ClF2N2O2. The number of amides is 1. The van der Waals surface area contributed by atoms with Crippen LogP contribution in [0.2, 0.25) is 0 Å². The van der Waals surface area contributed by atoms with E-state index in [0.717, 1.165) is 6.42 Å². The standard InChI is InChI=1S/C12H14F2N2O2.ClH/c13-12(14)18-10-4-2-1-3-9(10)11(17)16-6-5-8(15)7-16;/h1-4,8,12H,5-7,15H2;1H/t8-;/m0./s1. The molecule has 0 spiro atoms. The van der Waals surface area contributed by atoms with E-state index in [4.69, 9.17) is 5.73 Å². The molecule has 2 N–H and O–H groups in total. The Bertz CT molecular complexity index is 445. The van der Waals surface area contributed by atoms with Gasteiger partial charge in [-0.1, -0.05) is 12.1 Å². The Morgan fingerprint density at radius 2 is 2.11 bits per heavy atom. The van der Waals surface area contributed by atoms with E-state index in [2.05, 4.69) is 4.74 Å². The molecule has 1 amide bonds. The molecule has 1 aromatic rings. The molecule has 7 heteroatoms. The number of hydrogen-bond acceptors (Lipinski definition) is 3. The van der Waals surface area contributed by atoms with Gasteiger partial charge in [-0.2, -0.15) is 8.78 Å². The van der Waals surface area contributed by atoms with E-state index >= 15 is 0 Å². The number of hydrogen-bond donors (Lipinski definition) is 1. The maximum atomic E-state index is 12.2. The van der Waals surface area contributed by atoms with Gasteiger partial charge in [0.25, 0.3) is 5.91 Å². The lowest BCUT2D eigenvalue weighted by atomic mass is 10.2. The lowest BCUT2D eigenvalue weighted by Gasteiger charge is -2.17. The molecule has 1 heterocycles. The maximum Gasteiger partial charge on any atom is 0.387 e. The molecular weight excluding hydrogens is 278 g/mol. The normalized spacial score (nSPS) is 18.3. The maximum absolute atomic E-state index is 12.2. The summed E-state index contributed by atoms with van der Waals surface area (Å²) in [4.78, 5) is 13.7. The van der Waals surface area contributed by atoms with Crippen LogP contribution in [0.15, 0.2) is 24.3 Å². The van der Waals surface area contributed by atoms with Crippen LogP contribution < -0.4 is 10.5 Å². The number of likely N-dealkylation sites (tertiary alicyclic amines) is 1. The minimum atomic E-state index is -2.94. The predicted octanol–water partition coefficient (Wildman–Crippen LogP) is 1.88. The van der Waals surface area contributed by atoms with Crippen molar-refractivity contribution in [2.45, 2.75) is 19.1 Å². The fourth-order valence-electron chi connectivity index (χ4n) is 1.98. The monoisotopic (exact) mass is 292 g/mol. The molecule has 106 valence electrons. The number of para-hydroxylation sites is 1. The summed E-state index contributed by atoms with van der Waals surface area (Å²) in [5.41, 5.74) is 5.86. The Hall–Kier alpha value is -1.40. The van der Waals surface area contributed by atoms with Crippen LogP contribution in [0.1, 0.15) is 16.8 Å². The molecule has 0 aromatic heterocycles. The summed E-state index contributed by atoms with van der Waals surface area (Å²) in [5, 5.41) is 0. The van der Waals surface area contributed by atoms with Crippen LogP contribution in [0.3, 0.4) is 0 Å². The summed E-state index contributed by atoms with van der Waals surface area (Å²) >= 11 is 0. The number of carbonyl (C=O) groups is 1. The van der Waals surface area contributed by atoms with E-state index in [1.54, 1.807) is 17.0 Å². The van der Waals surface area contributed by atoms with Gasteiger partial charge >= 0.3 is 6.61 Å². The third-order valence-corrected chi connectivity index (χ3v) is 2.85. The fraction of sp³-hybridized carbons (Fsp3) is 0.417. The minimum Gasteiger partial charge on any atom is -0.434 e. The molecule has 1 atom stereocenters. The quantitative estimate of drug-likeness (QED) is 0.925. The van der Waals surface area contributed by atoms with E-state index in [-0.39, 0.29) is 35.7 Å². The molecule has 1 aliphatic heterocycles. The van der Waals surface area contributed by atoms with Crippen LogP contribution in [0, 0.1) is 0 Å². The molecule has 0 unspecified atom stereocenters. The van der Waals surface area contributed by atoms with E-state index in [0.29, 0.717) is 13.1 Å². The summed E-state index contributed by atoms with van der Waals surface area (Å²) in [5.74, 6) is -0.419. The average molecular weight is 293 g/mol. The predicted molar refractivity (Wildman–Crippen MR) is 68.8 cm³/mol. The van der Waals surface area contributed by atoms with Crippen molar-refractivity contribution in [3.8, 4) is 5.75 Å². The number of rotatable bonds is 3.